The quantitative estimate of drug-likeness (QED) is 0.278. The summed E-state index contributed by atoms with van der Waals surface area (Å²) >= 11 is 0. The van der Waals surface area contributed by atoms with Crippen molar-refractivity contribution in [3.05, 3.63) is 26.7 Å². The Balaban J connectivity index is -0.0000000321. The van der Waals surface area contributed by atoms with E-state index >= 15 is 0 Å². The smallest absolute Gasteiger partial charge is 0.545 e. The van der Waals surface area contributed by atoms with Gasteiger partial charge in [-0.15, -0.1) is 0 Å². The van der Waals surface area contributed by atoms with E-state index in [1.54, 1.807) is 13.8 Å². The van der Waals surface area contributed by atoms with E-state index < -0.39 is 0 Å². The fraction of sp³-hybridized carbons (Fsp3) is 0.364. The summed E-state index contributed by atoms with van der Waals surface area (Å²) in [6.07, 6.45) is 1.24. The molecule has 0 aromatic heterocycles. The Morgan fingerprint density at radius 2 is 1.38 bits per heavy atom. The molecule has 0 aliphatic heterocycles. The van der Waals surface area contributed by atoms with Gasteiger partial charge in [-0.2, -0.15) is 0 Å². The van der Waals surface area contributed by atoms with Gasteiger partial charge in [0.1, 0.15) is 0 Å². The average Bonchev–Trinajstić information content (AvgIpc) is 2.10. The Morgan fingerprint density at radius 3 is 1.44 bits per heavy atom. The number of carbonyl (C=O) groups excluding carboxylic acids is 3. The standard InChI is InChI=1S/C7H12O2.2CHO.2CH3.Ru/c1-5(2)7(9)4-6(3)8;2*1-2;;;/h4-5,8H,1-3H3;2*1H;2*1H3;/q;4*-1;+4/b6-4-;;;;;. The van der Waals surface area contributed by atoms with E-state index in [2.05, 4.69) is 13.6 Å². The Kier molecular flexibility index (Phi) is 66.2. The van der Waals surface area contributed by atoms with Crippen LogP contribution in [-0.2, 0) is 33.9 Å². The first-order chi connectivity index (χ1) is 6.04. The van der Waals surface area contributed by atoms with Crippen LogP contribution in [0.15, 0.2) is 11.8 Å². The molecule has 5 heteroatoms. The first-order valence-electron chi connectivity index (χ1n) is 3.42. The first kappa shape index (κ1) is 36.2. The molecular formula is C11H20O4Ru. The minimum atomic E-state index is -0.0324. The summed E-state index contributed by atoms with van der Waals surface area (Å²) in [5.74, 6) is 0.0239. The van der Waals surface area contributed by atoms with Crippen molar-refractivity contribution >= 4 is 19.4 Å². The molecular weight excluding hydrogens is 297 g/mol. The van der Waals surface area contributed by atoms with Crippen molar-refractivity contribution < 1.29 is 39.0 Å². The van der Waals surface area contributed by atoms with Gasteiger partial charge in [-0.1, -0.05) is 13.8 Å². The molecule has 0 saturated carbocycles. The molecule has 0 aromatic rings. The second-order valence-electron chi connectivity index (χ2n) is 2.34. The third kappa shape index (κ3) is 37.9. The number of ketones is 1. The van der Waals surface area contributed by atoms with E-state index in [9.17, 15) is 4.79 Å². The van der Waals surface area contributed by atoms with Crippen molar-refractivity contribution in [2.75, 3.05) is 0 Å². The van der Waals surface area contributed by atoms with Gasteiger partial charge in [0.05, 0.1) is 5.76 Å². The topological polar surface area (TPSA) is 71.4 Å². The third-order valence-corrected chi connectivity index (χ3v) is 0.920. The van der Waals surface area contributed by atoms with Crippen molar-refractivity contribution in [3.63, 3.8) is 0 Å². The summed E-state index contributed by atoms with van der Waals surface area (Å²) in [6, 6.07) is 0. The number of aliphatic hydroxyl groups excluding tert-OH is 1. The fourth-order valence-electron chi connectivity index (χ4n) is 0.373. The number of carbonyl (C=O) groups is 1. The van der Waals surface area contributed by atoms with E-state index in [0.717, 1.165) is 0 Å². The Labute approximate surface area is 112 Å². The largest absolute Gasteiger partial charge is 4.00 e. The number of rotatable bonds is 2. The molecule has 0 heterocycles. The van der Waals surface area contributed by atoms with Gasteiger partial charge >= 0.3 is 19.5 Å². The monoisotopic (exact) mass is 318 g/mol. The molecule has 0 atom stereocenters. The fourth-order valence-corrected chi connectivity index (χ4v) is 0.373. The number of hydrogen-bond acceptors (Lipinski definition) is 4. The zero-order chi connectivity index (χ0) is 11.4. The molecule has 0 saturated heterocycles. The molecule has 0 bridgehead atoms. The minimum Gasteiger partial charge on any atom is -0.545 e. The van der Waals surface area contributed by atoms with Gasteiger partial charge in [0, 0.05) is 12.0 Å². The zero-order valence-corrected chi connectivity index (χ0v) is 12.1. The SMILES string of the molecule is C/C(O)=C/C(=O)C(C)C.[CH-]=O.[CH-]=O.[CH3-].[CH3-].[Ru+4]. The molecule has 0 amide bonds. The Bertz CT molecular complexity index is 161. The third-order valence-electron chi connectivity index (χ3n) is 0.920. The van der Waals surface area contributed by atoms with E-state index in [4.69, 9.17) is 14.7 Å². The van der Waals surface area contributed by atoms with Crippen LogP contribution in [0.2, 0.25) is 0 Å². The van der Waals surface area contributed by atoms with Crippen LogP contribution in [0.3, 0.4) is 0 Å². The van der Waals surface area contributed by atoms with Crippen LogP contribution >= 0.6 is 0 Å². The summed E-state index contributed by atoms with van der Waals surface area (Å²) in [6.45, 7) is 11.6. The molecule has 0 aliphatic carbocycles. The van der Waals surface area contributed by atoms with E-state index in [-0.39, 0.29) is 51.8 Å². The number of aliphatic hydroxyl groups is 1. The number of hydrogen-bond donors (Lipinski definition) is 1. The first-order valence-corrected chi connectivity index (χ1v) is 3.42. The normalized spacial score (nSPS) is 7.38. The van der Waals surface area contributed by atoms with Gasteiger partial charge in [0.25, 0.3) is 0 Å². The molecule has 0 fully saturated rings. The maximum absolute atomic E-state index is 10.7. The molecule has 4 nitrogen and oxygen atoms in total. The summed E-state index contributed by atoms with van der Waals surface area (Å²) in [5, 5.41) is 8.61. The van der Waals surface area contributed by atoms with Crippen LogP contribution in [0, 0.1) is 20.8 Å². The molecule has 0 spiro atoms. The van der Waals surface area contributed by atoms with Crippen LogP contribution in [0.1, 0.15) is 20.8 Å². The molecule has 96 valence electrons. The van der Waals surface area contributed by atoms with Crippen LogP contribution in [-0.4, -0.2) is 24.5 Å². The van der Waals surface area contributed by atoms with Crippen LogP contribution in [0.5, 0.6) is 0 Å². The second-order valence-corrected chi connectivity index (χ2v) is 2.34. The summed E-state index contributed by atoms with van der Waals surface area (Å²) < 4.78 is 0. The van der Waals surface area contributed by atoms with Crippen molar-refractivity contribution in [2.24, 2.45) is 5.92 Å². The van der Waals surface area contributed by atoms with E-state index in [0.29, 0.717) is 0 Å². The number of allylic oxidation sites excluding steroid dienone is 2. The maximum Gasteiger partial charge on any atom is 4.00 e. The average molecular weight is 317 g/mol. The van der Waals surface area contributed by atoms with E-state index in [1.807, 2.05) is 0 Å². The van der Waals surface area contributed by atoms with Crippen LogP contribution in [0.4, 0.5) is 0 Å². The van der Waals surface area contributed by atoms with Crippen LogP contribution < -0.4 is 0 Å². The molecule has 0 unspecified atom stereocenters. The molecule has 0 radical (unpaired) electrons. The van der Waals surface area contributed by atoms with Crippen LogP contribution in [0.25, 0.3) is 0 Å². The predicted molar refractivity (Wildman–Crippen MR) is 62.6 cm³/mol. The Hall–Kier alpha value is -0.827. The molecule has 0 rings (SSSR count). The van der Waals surface area contributed by atoms with Gasteiger partial charge in [-0.25, -0.2) is 0 Å². The van der Waals surface area contributed by atoms with Gasteiger partial charge in [-0.3, -0.25) is 18.4 Å². The molecule has 1 N–H and O–H groups in total. The summed E-state index contributed by atoms with van der Waals surface area (Å²) in [7, 11) is 0. The van der Waals surface area contributed by atoms with E-state index in [1.165, 1.54) is 13.0 Å². The van der Waals surface area contributed by atoms with Gasteiger partial charge in [0.2, 0.25) is 0 Å². The maximum atomic E-state index is 10.7. The molecule has 16 heavy (non-hydrogen) atoms. The Morgan fingerprint density at radius 1 is 1.12 bits per heavy atom. The van der Waals surface area contributed by atoms with Gasteiger partial charge in [-0.05, 0) is 6.92 Å². The molecule has 0 aromatic carbocycles. The predicted octanol–water partition coefficient (Wildman–Crippen LogP) is 2.02. The van der Waals surface area contributed by atoms with Crippen molar-refractivity contribution in [1.29, 1.82) is 0 Å². The molecule has 0 aliphatic rings. The van der Waals surface area contributed by atoms with Crippen molar-refractivity contribution in [1.82, 2.24) is 0 Å². The minimum absolute atomic E-state index is 0. The second kappa shape index (κ2) is 29.2. The van der Waals surface area contributed by atoms with Gasteiger partial charge in [0.15, 0.2) is 5.78 Å². The summed E-state index contributed by atoms with van der Waals surface area (Å²) in [5.41, 5.74) is 0. The van der Waals surface area contributed by atoms with Gasteiger partial charge < -0.3 is 29.5 Å². The van der Waals surface area contributed by atoms with Crippen molar-refractivity contribution in [3.8, 4) is 0 Å². The summed E-state index contributed by atoms with van der Waals surface area (Å²) in [4.78, 5) is 26.2. The van der Waals surface area contributed by atoms with Crippen molar-refractivity contribution in [2.45, 2.75) is 20.8 Å². The zero-order valence-electron chi connectivity index (χ0n) is 10.3.